The van der Waals surface area contributed by atoms with Crippen LogP contribution in [0.3, 0.4) is 0 Å². The second-order valence-electron chi connectivity index (χ2n) is 2.46. The molecule has 0 N–H and O–H groups in total. The van der Waals surface area contributed by atoms with Crippen LogP contribution in [0, 0.1) is 0 Å². The molecule has 0 amide bonds. The molecule has 52 valence electrons. The first kappa shape index (κ1) is 6.40. The fraction of sp³-hybridized carbons (Fsp3) is 0.143. The maximum atomic E-state index is 5.59. The Hall–Kier alpha value is -1.32. The zero-order valence-corrected chi connectivity index (χ0v) is 5.99. The van der Waals surface area contributed by atoms with Gasteiger partial charge in [-0.25, -0.2) is 9.97 Å². The lowest BCUT2D eigenvalue weighted by atomic mass is 10.2. The summed E-state index contributed by atoms with van der Waals surface area (Å²) in [6.07, 6.45) is 3.25. The van der Waals surface area contributed by atoms with Crippen LogP contribution in [0.4, 0.5) is 0 Å². The average Bonchev–Trinajstić information content (AvgIpc) is 2.30. The van der Waals surface area contributed by atoms with E-state index in [1.807, 2.05) is 0 Å². The molecule has 0 aromatic carbocycles. The number of hydrogen-bond donors (Lipinski definition) is 0. The fourth-order valence-electron chi connectivity index (χ4n) is 1.13. The van der Waals surface area contributed by atoms with E-state index in [9.17, 15) is 0 Å². The van der Waals surface area contributed by atoms with Crippen LogP contribution in [0.5, 0.6) is 0 Å². The van der Waals surface area contributed by atoms with E-state index in [-0.39, 0.29) is 0 Å². The number of hydrogen-bond acceptors (Lipinski definition) is 3. The van der Waals surface area contributed by atoms with Crippen molar-refractivity contribution in [1.29, 1.82) is 0 Å². The van der Waals surface area contributed by atoms with Gasteiger partial charge in [0.25, 0.3) is 0 Å². The number of fused-ring (bicyclic) bond motifs is 1. The van der Waals surface area contributed by atoms with E-state index in [2.05, 4.69) is 16.5 Å². The molecule has 0 aliphatic carbocycles. The van der Waals surface area contributed by atoms with E-state index >= 15 is 0 Å². The van der Waals surface area contributed by atoms with Crippen molar-refractivity contribution in [1.82, 2.24) is 14.8 Å². The molecular formula is C7H6BN3. The van der Waals surface area contributed by atoms with Crippen molar-refractivity contribution in [2.75, 3.05) is 0 Å². The lowest BCUT2D eigenvalue weighted by Crippen LogP contribution is -2.08. The normalized spacial score (nSPS) is 15.3. The average molecular weight is 143 g/mol. The summed E-state index contributed by atoms with van der Waals surface area (Å²) in [7, 11) is 5.59. The maximum absolute atomic E-state index is 5.59. The third-order valence-electron chi connectivity index (χ3n) is 1.77. The molecule has 0 unspecified atom stereocenters. The number of aromatic nitrogens is 2. The van der Waals surface area contributed by atoms with Gasteiger partial charge < -0.3 is 4.81 Å². The summed E-state index contributed by atoms with van der Waals surface area (Å²) in [4.78, 5) is 9.52. The first-order chi connectivity index (χ1) is 5.29. The minimum absolute atomic E-state index is 0.636. The predicted octanol–water partition coefficient (Wildman–Crippen LogP) is 0.346. The zero-order chi connectivity index (χ0) is 7.84. The molecule has 2 heterocycles. The van der Waals surface area contributed by atoms with Crippen molar-refractivity contribution >= 4 is 13.7 Å². The molecule has 3 nitrogen and oxygen atoms in total. The molecule has 11 heavy (non-hydrogen) atoms. The highest BCUT2D eigenvalue weighted by Crippen LogP contribution is 2.26. The summed E-state index contributed by atoms with van der Waals surface area (Å²) in [5.74, 6) is 0. The SMILES string of the molecule is [B]N1Cc2ncncc2C1=C. The first-order valence-corrected chi connectivity index (χ1v) is 3.29. The predicted molar refractivity (Wildman–Crippen MR) is 42.4 cm³/mol. The molecule has 0 bridgehead atoms. The fourth-order valence-corrected chi connectivity index (χ4v) is 1.13. The maximum Gasteiger partial charge on any atom is 0.227 e. The lowest BCUT2D eigenvalue weighted by molar-refractivity contribution is 0.648. The van der Waals surface area contributed by atoms with E-state index in [0.29, 0.717) is 6.54 Å². The minimum Gasteiger partial charge on any atom is -0.420 e. The summed E-state index contributed by atoms with van der Waals surface area (Å²) in [6.45, 7) is 4.43. The lowest BCUT2D eigenvalue weighted by Gasteiger charge is -2.10. The van der Waals surface area contributed by atoms with Crippen molar-refractivity contribution in [3.05, 3.63) is 30.4 Å². The van der Waals surface area contributed by atoms with Gasteiger partial charge in [-0.05, 0) is 0 Å². The number of nitrogens with zero attached hydrogens (tertiary/aromatic N) is 3. The standard InChI is InChI=1S/C7H6BN3/c1-5-6-2-9-4-10-7(6)3-11(5)8/h2,4H,1,3H2. The van der Waals surface area contributed by atoms with Crippen molar-refractivity contribution in [3.8, 4) is 0 Å². The molecule has 0 saturated carbocycles. The quantitative estimate of drug-likeness (QED) is 0.490. The van der Waals surface area contributed by atoms with E-state index in [1.54, 1.807) is 11.0 Å². The Morgan fingerprint density at radius 3 is 3.18 bits per heavy atom. The summed E-state index contributed by atoms with van der Waals surface area (Å²) in [5.41, 5.74) is 2.70. The van der Waals surface area contributed by atoms with Gasteiger partial charge in [-0.1, -0.05) is 6.58 Å². The van der Waals surface area contributed by atoms with Crippen molar-refractivity contribution in [3.63, 3.8) is 0 Å². The van der Waals surface area contributed by atoms with Crippen LogP contribution in [0.1, 0.15) is 11.3 Å². The van der Waals surface area contributed by atoms with Crippen LogP contribution in [0.15, 0.2) is 19.1 Å². The molecule has 4 heteroatoms. The highest BCUT2D eigenvalue weighted by Gasteiger charge is 2.18. The first-order valence-electron chi connectivity index (χ1n) is 3.29. The van der Waals surface area contributed by atoms with Gasteiger partial charge in [0.2, 0.25) is 7.98 Å². The molecule has 1 aliphatic rings. The zero-order valence-electron chi connectivity index (χ0n) is 5.99. The van der Waals surface area contributed by atoms with Gasteiger partial charge in [0.05, 0.1) is 5.69 Å². The van der Waals surface area contributed by atoms with Gasteiger partial charge in [0.15, 0.2) is 0 Å². The summed E-state index contributed by atoms with van der Waals surface area (Å²) in [5, 5.41) is 0. The van der Waals surface area contributed by atoms with Crippen molar-refractivity contribution < 1.29 is 0 Å². The Morgan fingerprint density at radius 2 is 2.45 bits per heavy atom. The number of rotatable bonds is 0. The highest BCUT2D eigenvalue weighted by atomic mass is 15.1. The molecular weight excluding hydrogens is 137 g/mol. The molecule has 1 aromatic rings. The van der Waals surface area contributed by atoms with Gasteiger partial charge in [-0.2, -0.15) is 0 Å². The molecule has 1 aliphatic heterocycles. The summed E-state index contributed by atoms with van der Waals surface area (Å²) < 4.78 is 0. The Bertz CT molecular complexity index is 310. The van der Waals surface area contributed by atoms with Gasteiger partial charge >= 0.3 is 0 Å². The topological polar surface area (TPSA) is 29.0 Å². The molecule has 0 atom stereocenters. The largest absolute Gasteiger partial charge is 0.420 e. The Morgan fingerprint density at radius 1 is 1.64 bits per heavy atom. The van der Waals surface area contributed by atoms with E-state index in [0.717, 1.165) is 17.0 Å². The minimum atomic E-state index is 0.636. The summed E-state index contributed by atoms with van der Waals surface area (Å²) in [6, 6.07) is 0. The Kier molecular flexibility index (Phi) is 1.21. The van der Waals surface area contributed by atoms with Crippen LogP contribution in [-0.2, 0) is 6.54 Å². The van der Waals surface area contributed by atoms with Crippen LogP contribution in [0.2, 0.25) is 0 Å². The Labute approximate surface area is 66.2 Å². The van der Waals surface area contributed by atoms with Gasteiger partial charge in [0.1, 0.15) is 6.33 Å². The molecule has 0 fully saturated rings. The van der Waals surface area contributed by atoms with Gasteiger partial charge in [-0.15, -0.1) is 0 Å². The van der Waals surface area contributed by atoms with E-state index < -0.39 is 0 Å². The molecule has 0 spiro atoms. The molecule has 2 radical (unpaired) electrons. The van der Waals surface area contributed by atoms with Gasteiger partial charge in [-0.3, -0.25) is 0 Å². The highest BCUT2D eigenvalue weighted by molar-refractivity contribution is 6.10. The van der Waals surface area contributed by atoms with Crippen LogP contribution in [0.25, 0.3) is 5.70 Å². The van der Waals surface area contributed by atoms with Crippen molar-refractivity contribution in [2.45, 2.75) is 6.54 Å². The van der Waals surface area contributed by atoms with Crippen molar-refractivity contribution in [2.24, 2.45) is 0 Å². The Balaban J connectivity index is 2.55. The summed E-state index contributed by atoms with van der Waals surface area (Å²) >= 11 is 0. The van der Waals surface area contributed by atoms with Crippen LogP contribution in [-0.4, -0.2) is 22.8 Å². The van der Waals surface area contributed by atoms with Gasteiger partial charge in [0, 0.05) is 24.0 Å². The second kappa shape index (κ2) is 2.08. The molecule has 0 saturated heterocycles. The molecule has 2 rings (SSSR count). The van der Waals surface area contributed by atoms with E-state index in [4.69, 9.17) is 7.98 Å². The third-order valence-corrected chi connectivity index (χ3v) is 1.77. The monoisotopic (exact) mass is 143 g/mol. The van der Waals surface area contributed by atoms with E-state index in [1.165, 1.54) is 6.33 Å². The second-order valence-corrected chi connectivity index (χ2v) is 2.46. The molecule has 1 aromatic heterocycles. The third kappa shape index (κ3) is 0.825. The van der Waals surface area contributed by atoms with Crippen LogP contribution < -0.4 is 0 Å². The van der Waals surface area contributed by atoms with Crippen LogP contribution >= 0.6 is 0 Å². The smallest absolute Gasteiger partial charge is 0.227 e.